The van der Waals surface area contributed by atoms with Gasteiger partial charge >= 0.3 is 0 Å². The van der Waals surface area contributed by atoms with Crippen molar-refractivity contribution in [2.45, 2.75) is 20.3 Å². The largest absolute Gasteiger partial charge is 0.506 e. The van der Waals surface area contributed by atoms with E-state index in [4.69, 9.17) is 0 Å². The Morgan fingerprint density at radius 1 is 1.12 bits per heavy atom. The van der Waals surface area contributed by atoms with Crippen molar-refractivity contribution in [2.24, 2.45) is 5.92 Å². The van der Waals surface area contributed by atoms with Crippen molar-refractivity contribution in [1.29, 1.82) is 0 Å². The Morgan fingerprint density at radius 2 is 1.94 bits per heavy atom. The van der Waals surface area contributed by atoms with E-state index >= 15 is 0 Å². The Morgan fingerprint density at radius 3 is 2.65 bits per heavy atom. The molecular weight excluding hydrogens is 210 g/mol. The number of aromatic nitrogens is 1. The van der Waals surface area contributed by atoms with E-state index in [2.05, 4.69) is 37.0 Å². The van der Waals surface area contributed by atoms with Crippen molar-refractivity contribution >= 4 is 0 Å². The summed E-state index contributed by atoms with van der Waals surface area (Å²) in [7, 11) is 0. The van der Waals surface area contributed by atoms with Crippen molar-refractivity contribution in [3.05, 3.63) is 48.3 Å². The maximum Gasteiger partial charge on any atom is 0.134 e. The van der Waals surface area contributed by atoms with Crippen LogP contribution in [0.4, 0.5) is 0 Å². The van der Waals surface area contributed by atoms with Crippen molar-refractivity contribution < 1.29 is 5.11 Å². The standard InChI is InChI=1S/C15H17NO/c1-11(2)6-12-4-3-5-13(7-12)14-8-15(17)10-16-9-14/h3-5,7-11,17H,6H2,1-2H3. The zero-order valence-electron chi connectivity index (χ0n) is 10.2. The lowest BCUT2D eigenvalue weighted by Gasteiger charge is -2.07. The first kappa shape index (κ1) is 11.6. The maximum absolute atomic E-state index is 9.43. The molecule has 0 bridgehead atoms. The van der Waals surface area contributed by atoms with Crippen LogP contribution in [0.1, 0.15) is 19.4 Å². The number of nitrogens with zero attached hydrogens (tertiary/aromatic N) is 1. The molecule has 0 aliphatic carbocycles. The zero-order valence-corrected chi connectivity index (χ0v) is 10.2. The lowest BCUT2D eigenvalue weighted by Crippen LogP contribution is -1.94. The summed E-state index contributed by atoms with van der Waals surface area (Å²) in [5.74, 6) is 0.851. The van der Waals surface area contributed by atoms with E-state index in [1.54, 1.807) is 12.3 Å². The summed E-state index contributed by atoms with van der Waals surface area (Å²) in [4.78, 5) is 4.00. The van der Waals surface area contributed by atoms with Crippen LogP contribution >= 0.6 is 0 Å². The van der Waals surface area contributed by atoms with Crippen molar-refractivity contribution in [3.63, 3.8) is 0 Å². The highest BCUT2D eigenvalue weighted by Gasteiger charge is 2.02. The van der Waals surface area contributed by atoms with Crippen LogP contribution in [0.2, 0.25) is 0 Å². The molecule has 17 heavy (non-hydrogen) atoms. The molecule has 0 aliphatic rings. The number of hydrogen-bond acceptors (Lipinski definition) is 2. The van der Waals surface area contributed by atoms with Gasteiger partial charge in [-0.3, -0.25) is 4.98 Å². The molecule has 88 valence electrons. The summed E-state index contributed by atoms with van der Waals surface area (Å²) in [6, 6.07) is 10.1. The molecule has 2 heteroatoms. The Balaban J connectivity index is 2.33. The van der Waals surface area contributed by atoms with Crippen LogP contribution in [-0.2, 0) is 6.42 Å². The quantitative estimate of drug-likeness (QED) is 0.868. The van der Waals surface area contributed by atoms with Crippen molar-refractivity contribution in [2.75, 3.05) is 0 Å². The molecule has 0 spiro atoms. The molecule has 0 saturated heterocycles. The molecule has 2 aromatic rings. The molecule has 0 unspecified atom stereocenters. The zero-order chi connectivity index (χ0) is 12.3. The predicted octanol–water partition coefficient (Wildman–Crippen LogP) is 3.65. The second-order valence-electron chi connectivity index (χ2n) is 4.73. The van der Waals surface area contributed by atoms with Crippen LogP contribution in [0.3, 0.4) is 0 Å². The van der Waals surface area contributed by atoms with Gasteiger partial charge in [0.05, 0.1) is 6.20 Å². The summed E-state index contributed by atoms with van der Waals surface area (Å²) >= 11 is 0. The third-order valence-electron chi connectivity index (χ3n) is 2.63. The molecule has 1 heterocycles. The minimum absolute atomic E-state index is 0.205. The lowest BCUT2D eigenvalue weighted by molar-refractivity contribution is 0.473. The molecule has 0 saturated carbocycles. The monoisotopic (exact) mass is 227 g/mol. The normalized spacial score (nSPS) is 10.8. The fraction of sp³-hybridized carbons (Fsp3) is 0.267. The highest BCUT2D eigenvalue weighted by Crippen LogP contribution is 2.23. The highest BCUT2D eigenvalue weighted by atomic mass is 16.3. The molecule has 2 nitrogen and oxygen atoms in total. The van der Waals surface area contributed by atoms with Gasteiger partial charge in [-0.05, 0) is 29.5 Å². The van der Waals surface area contributed by atoms with E-state index in [0.717, 1.165) is 17.5 Å². The van der Waals surface area contributed by atoms with Gasteiger partial charge in [-0.15, -0.1) is 0 Å². The van der Waals surface area contributed by atoms with Crippen LogP contribution in [0.25, 0.3) is 11.1 Å². The molecule has 2 rings (SSSR count). The summed E-state index contributed by atoms with van der Waals surface area (Å²) in [6.07, 6.45) is 4.29. The van der Waals surface area contributed by atoms with E-state index < -0.39 is 0 Å². The molecule has 0 radical (unpaired) electrons. The smallest absolute Gasteiger partial charge is 0.134 e. The minimum Gasteiger partial charge on any atom is -0.506 e. The first-order chi connectivity index (χ1) is 8.15. The van der Waals surface area contributed by atoms with E-state index in [0.29, 0.717) is 5.92 Å². The summed E-state index contributed by atoms with van der Waals surface area (Å²) in [6.45, 7) is 4.42. The number of hydrogen-bond donors (Lipinski definition) is 1. The van der Waals surface area contributed by atoms with E-state index in [1.807, 2.05) is 6.07 Å². The third kappa shape index (κ3) is 3.06. The van der Waals surface area contributed by atoms with Crippen LogP contribution in [-0.4, -0.2) is 10.1 Å². The van der Waals surface area contributed by atoms with E-state index in [9.17, 15) is 5.11 Å². The number of rotatable bonds is 3. The van der Waals surface area contributed by atoms with Crippen LogP contribution in [0.15, 0.2) is 42.7 Å². The van der Waals surface area contributed by atoms with Crippen molar-refractivity contribution in [3.8, 4) is 16.9 Å². The number of aromatic hydroxyl groups is 1. The Hall–Kier alpha value is -1.83. The average molecular weight is 227 g/mol. The van der Waals surface area contributed by atoms with E-state index in [-0.39, 0.29) is 5.75 Å². The SMILES string of the molecule is CC(C)Cc1cccc(-c2cncc(O)c2)c1. The van der Waals surface area contributed by atoms with Gasteiger partial charge in [0.2, 0.25) is 0 Å². The van der Waals surface area contributed by atoms with Gasteiger partial charge in [0.1, 0.15) is 5.75 Å². The maximum atomic E-state index is 9.43. The van der Waals surface area contributed by atoms with Crippen LogP contribution in [0, 0.1) is 5.92 Å². The fourth-order valence-corrected chi connectivity index (χ4v) is 1.93. The van der Waals surface area contributed by atoms with Crippen LogP contribution in [0.5, 0.6) is 5.75 Å². The minimum atomic E-state index is 0.205. The molecule has 0 aliphatic heterocycles. The molecule has 0 atom stereocenters. The molecule has 0 amide bonds. The number of pyridine rings is 1. The van der Waals surface area contributed by atoms with Crippen molar-refractivity contribution in [1.82, 2.24) is 4.98 Å². The fourth-order valence-electron chi connectivity index (χ4n) is 1.93. The van der Waals surface area contributed by atoms with Gasteiger partial charge in [-0.25, -0.2) is 0 Å². The van der Waals surface area contributed by atoms with E-state index in [1.165, 1.54) is 11.8 Å². The van der Waals surface area contributed by atoms with Crippen LogP contribution < -0.4 is 0 Å². The predicted molar refractivity (Wildman–Crippen MR) is 69.9 cm³/mol. The first-order valence-corrected chi connectivity index (χ1v) is 5.88. The van der Waals surface area contributed by atoms with Gasteiger partial charge in [-0.1, -0.05) is 38.1 Å². The lowest BCUT2D eigenvalue weighted by atomic mass is 9.99. The highest BCUT2D eigenvalue weighted by molar-refractivity contribution is 5.64. The summed E-state index contributed by atoms with van der Waals surface area (Å²) in [5, 5.41) is 9.43. The molecule has 1 N–H and O–H groups in total. The average Bonchev–Trinajstić information content (AvgIpc) is 2.28. The molecular formula is C15H17NO. The Kier molecular flexibility index (Phi) is 3.43. The summed E-state index contributed by atoms with van der Waals surface area (Å²) in [5.41, 5.74) is 3.38. The second kappa shape index (κ2) is 5.00. The van der Waals surface area contributed by atoms with Gasteiger partial charge < -0.3 is 5.11 Å². The molecule has 1 aromatic heterocycles. The number of benzene rings is 1. The molecule has 1 aromatic carbocycles. The Labute approximate surface area is 102 Å². The van der Waals surface area contributed by atoms with Gasteiger partial charge in [0, 0.05) is 11.8 Å². The van der Waals surface area contributed by atoms with Gasteiger partial charge in [0.15, 0.2) is 0 Å². The Bertz CT molecular complexity index is 506. The first-order valence-electron chi connectivity index (χ1n) is 5.88. The second-order valence-corrected chi connectivity index (χ2v) is 4.73. The molecule has 0 fully saturated rings. The topological polar surface area (TPSA) is 33.1 Å². The third-order valence-corrected chi connectivity index (χ3v) is 2.63. The summed E-state index contributed by atoms with van der Waals surface area (Å²) < 4.78 is 0. The van der Waals surface area contributed by atoms with Gasteiger partial charge in [-0.2, -0.15) is 0 Å². The van der Waals surface area contributed by atoms with Gasteiger partial charge in [0.25, 0.3) is 0 Å².